The van der Waals surface area contributed by atoms with Crippen LogP contribution in [0.15, 0.2) is 17.2 Å². The highest BCUT2D eigenvalue weighted by atomic mass is 32.2. The molecule has 0 fully saturated rings. The number of nitrogens with one attached hydrogen (secondary N) is 2. The van der Waals surface area contributed by atoms with E-state index < -0.39 is 10.0 Å². The molecule has 0 atom stereocenters. The molecule has 0 amide bonds. The van der Waals surface area contributed by atoms with Crippen molar-refractivity contribution in [1.82, 2.24) is 14.6 Å². The molecular weight excluding hydrogens is 250 g/mol. The second kappa shape index (κ2) is 6.36. The van der Waals surface area contributed by atoms with Gasteiger partial charge in [-0.1, -0.05) is 13.8 Å². The number of aryl methyl sites for hydroxylation is 1. The Morgan fingerprint density at radius 2 is 2.06 bits per heavy atom. The van der Waals surface area contributed by atoms with Gasteiger partial charge in [0.15, 0.2) is 0 Å². The van der Waals surface area contributed by atoms with Gasteiger partial charge in [-0.25, -0.2) is 13.1 Å². The van der Waals surface area contributed by atoms with Crippen LogP contribution in [0.4, 0.5) is 0 Å². The predicted octanol–water partition coefficient (Wildman–Crippen LogP) is 1.16. The van der Waals surface area contributed by atoms with Crippen LogP contribution >= 0.6 is 0 Å². The zero-order valence-corrected chi connectivity index (χ0v) is 12.3. The molecule has 0 saturated carbocycles. The lowest BCUT2D eigenvalue weighted by molar-refractivity contribution is 0.560. The summed E-state index contributed by atoms with van der Waals surface area (Å²) in [4.78, 5) is 0.343. The largest absolute Gasteiger partial charge is 0.349 e. The fraction of sp³-hybridized carbons (Fsp3) is 0.667. The first-order chi connectivity index (χ1) is 8.40. The Balaban J connectivity index is 2.95. The zero-order chi connectivity index (χ0) is 13.8. The highest BCUT2D eigenvalue weighted by molar-refractivity contribution is 7.89. The Hall–Kier alpha value is -0.850. The molecule has 1 aromatic heterocycles. The van der Waals surface area contributed by atoms with E-state index >= 15 is 0 Å². The standard InChI is InChI=1S/C12H23N3O2S/c1-5-15-9-12(6-11(15)8-13-4)18(16,17)14-7-10(2)3/h6,9-10,13-14H,5,7-8H2,1-4H3. The molecule has 1 heterocycles. The lowest BCUT2D eigenvalue weighted by Gasteiger charge is -2.06. The van der Waals surface area contributed by atoms with Gasteiger partial charge in [-0.15, -0.1) is 0 Å². The van der Waals surface area contributed by atoms with Gasteiger partial charge >= 0.3 is 0 Å². The fourth-order valence-corrected chi connectivity index (χ4v) is 2.93. The van der Waals surface area contributed by atoms with Crippen molar-refractivity contribution in [3.8, 4) is 0 Å². The summed E-state index contributed by atoms with van der Waals surface area (Å²) in [6, 6.07) is 1.72. The molecule has 104 valence electrons. The molecule has 18 heavy (non-hydrogen) atoms. The van der Waals surface area contributed by atoms with Crippen LogP contribution in [0.25, 0.3) is 0 Å². The number of sulfonamides is 1. The molecule has 0 aliphatic heterocycles. The minimum atomic E-state index is -3.38. The molecule has 1 aromatic rings. The summed E-state index contributed by atoms with van der Waals surface area (Å²) >= 11 is 0. The topological polar surface area (TPSA) is 63.1 Å². The predicted molar refractivity (Wildman–Crippen MR) is 72.9 cm³/mol. The first-order valence-corrected chi connectivity index (χ1v) is 7.72. The van der Waals surface area contributed by atoms with Crippen LogP contribution in [0.1, 0.15) is 26.5 Å². The fourth-order valence-electron chi connectivity index (χ4n) is 1.66. The van der Waals surface area contributed by atoms with Crippen molar-refractivity contribution in [2.75, 3.05) is 13.6 Å². The van der Waals surface area contributed by atoms with Gasteiger partial charge in [-0.2, -0.15) is 0 Å². The highest BCUT2D eigenvalue weighted by Crippen LogP contribution is 2.14. The van der Waals surface area contributed by atoms with Crippen LogP contribution in [-0.2, 0) is 23.1 Å². The van der Waals surface area contributed by atoms with Gasteiger partial charge in [0.05, 0.1) is 4.90 Å². The Morgan fingerprint density at radius 1 is 1.39 bits per heavy atom. The summed E-state index contributed by atoms with van der Waals surface area (Å²) in [6.07, 6.45) is 1.69. The Bertz CT molecular complexity index is 478. The van der Waals surface area contributed by atoms with Crippen LogP contribution in [-0.4, -0.2) is 26.6 Å². The molecule has 0 aliphatic carbocycles. The number of aromatic nitrogens is 1. The first-order valence-electron chi connectivity index (χ1n) is 6.24. The monoisotopic (exact) mass is 273 g/mol. The van der Waals surface area contributed by atoms with Crippen molar-refractivity contribution < 1.29 is 8.42 Å². The molecule has 6 heteroatoms. The smallest absolute Gasteiger partial charge is 0.242 e. The van der Waals surface area contributed by atoms with E-state index in [9.17, 15) is 8.42 Å². The van der Waals surface area contributed by atoms with Gasteiger partial charge in [-0.3, -0.25) is 0 Å². The molecule has 0 bridgehead atoms. The van der Waals surface area contributed by atoms with Gasteiger partial charge in [0.1, 0.15) is 0 Å². The molecule has 0 saturated heterocycles. The molecule has 5 nitrogen and oxygen atoms in total. The first kappa shape index (κ1) is 15.2. The minimum Gasteiger partial charge on any atom is -0.349 e. The van der Waals surface area contributed by atoms with Crippen LogP contribution < -0.4 is 10.0 Å². The Morgan fingerprint density at radius 3 is 2.56 bits per heavy atom. The summed E-state index contributed by atoms with van der Waals surface area (Å²) in [6.45, 7) is 7.83. The van der Waals surface area contributed by atoms with E-state index in [0.29, 0.717) is 23.9 Å². The molecule has 0 aliphatic rings. The van der Waals surface area contributed by atoms with Crippen molar-refractivity contribution >= 4 is 10.0 Å². The highest BCUT2D eigenvalue weighted by Gasteiger charge is 2.17. The average Bonchev–Trinajstić information content (AvgIpc) is 2.71. The van der Waals surface area contributed by atoms with Crippen molar-refractivity contribution in [1.29, 1.82) is 0 Å². The van der Waals surface area contributed by atoms with Gasteiger partial charge in [-0.05, 0) is 26.0 Å². The summed E-state index contributed by atoms with van der Waals surface area (Å²) in [5.74, 6) is 0.296. The molecule has 1 rings (SSSR count). The van der Waals surface area contributed by atoms with Crippen LogP contribution in [0, 0.1) is 5.92 Å². The van der Waals surface area contributed by atoms with Crippen LogP contribution in [0.2, 0.25) is 0 Å². The normalized spacial score (nSPS) is 12.3. The quantitative estimate of drug-likeness (QED) is 0.783. The molecule has 2 N–H and O–H groups in total. The third-order valence-electron chi connectivity index (χ3n) is 2.65. The number of hydrogen-bond acceptors (Lipinski definition) is 3. The third-order valence-corrected chi connectivity index (χ3v) is 4.04. The second-order valence-electron chi connectivity index (χ2n) is 4.73. The van der Waals surface area contributed by atoms with E-state index in [2.05, 4.69) is 10.0 Å². The van der Waals surface area contributed by atoms with Crippen molar-refractivity contribution in [2.45, 2.75) is 38.8 Å². The third kappa shape index (κ3) is 3.83. The van der Waals surface area contributed by atoms with E-state index in [0.717, 1.165) is 12.2 Å². The summed E-state index contributed by atoms with van der Waals surface area (Å²) in [5.41, 5.74) is 0.977. The lowest BCUT2D eigenvalue weighted by atomic mass is 10.2. The molecule has 0 aromatic carbocycles. The maximum Gasteiger partial charge on any atom is 0.242 e. The van der Waals surface area contributed by atoms with E-state index in [-0.39, 0.29) is 0 Å². The number of hydrogen-bond donors (Lipinski definition) is 2. The molecule has 0 radical (unpaired) electrons. The number of nitrogens with zero attached hydrogens (tertiary/aromatic N) is 1. The summed E-state index contributed by atoms with van der Waals surface area (Å²) in [7, 11) is -1.54. The molecule has 0 unspecified atom stereocenters. The van der Waals surface area contributed by atoms with Gasteiger partial charge in [0.2, 0.25) is 10.0 Å². The van der Waals surface area contributed by atoms with E-state index in [4.69, 9.17) is 0 Å². The average molecular weight is 273 g/mol. The van der Waals surface area contributed by atoms with Crippen molar-refractivity contribution in [3.05, 3.63) is 18.0 Å². The van der Waals surface area contributed by atoms with E-state index in [1.807, 2.05) is 32.4 Å². The zero-order valence-electron chi connectivity index (χ0n) is 11.5. The lowest BCUT2D eigenvalue weighted by Crippen LogP contribution is -2.27. The van der Waals surface area contributed by atoms with Crippen molar-refractivity contribution in [3.63, 3.8) is 0 Å². The Labute approximate surface area is 110 Å². The summed E-state index contributed by atoms with van der Waals surface area (Å²) in [5, 5.41) is 3.04. The van der Waals surface area contributed by atoms with E-state index in [1.54, 1.807) is 12.3 Å². The molecule has 0 spiro atoms. The van der Waals surface area contributed by atoms with Crippen LogP contribution in [0.3, 0.4) is 0 Å². The Kier molecular flexibility index (Phi) is 5.37. The van der Waals surface area contributed by atoms with Gasteiger partial charge < -0.3 is 9.88 Å². The van der Waals surface area contributed by atoms with Crippen molar-refractivity contribution in [2.24, 2.45) is 5.92 Å². The molecular formula is C12H23N3O2S. The van der Waals surface area contributed by atoms with Gasteiger partial charge in [0.25, 0.3) is 0 Å². The minimum absolute atomic E-state index is 0.296. The number of rotatable bonds is 7. The maximum atomic E-state index is 12.1. The van der Waals surface area contributed by atoms with Gasteiger partial charge in [0, 0.05) is 31.5 Å². The SMILES string of the molecule is CCn1cc(S(=O)(=O)NCC(C)C)cc1CNC. The van der Waals surface area contributed by atoms with Crippen LogP contribution in [0.5, 0.6) is 0 Å². The maximum absolute atomic E-state index is 12.1. The summed E-state index contributed by atoms with van der Waals surface area (Å²) < 4.78 is 28.7. The van der Waals surface area contributed by atoms with E-state index in [1.165, 1.54) is 0 Å². The second-order valence-corrected chi connectivity index (χ2v) is 6.50.